The summed E-state index contributed by atoms with van der Waals surface area (Å²) in [6.07, 6.45) is 6.51. The van der Waals surface area contributed by atoms with Crippen LogP contribution in [0.2, 0.25) is 0 Å². The molecule has 0 unspecified atom stereocenters. The fraction of sp³-hybridized carbons (Fsp3) is 0.545. The van der Waals surface area contributed by atoms with E-state index in [-0.39, 0.29) is 12.6 Å². The third-order valence-corrected chi connectivity index (χ3v) is 2.96. The van der Waals surface area contributed by atoms with Crippen LogP contribution in [0.15, 0.2) is 12.4 Å². The number of carboxylic acids is 1. The third kappa shape index (κ3) is 3.47. The summed E-state index contributed by atoms with van der Waals surface area (Å²) >= 11 is 0. The van der Waals surface area contributed by atoms with Crippen LogP contribution in [0, 0.1) is 5.92 Å². The van der Waals surface area contributed by atoms with E-state index in [1.807, 2.05) is 0 Å². The number of carbonyl (C=O) groups is 2. The van der Waals surface area contributed by atoms with Gasteiger partial charge in [0.25, 0.3) is 0 Å². The molecule has 2 amide bonds. The molecule has 1 aromatic rings. The Balaban J connectivity index is 1.75. The van der Waals surface area contributed by atoms with Crippen molar-refractivity contribution < 1.29 is 14.7 Å². The summed E-state index contributed by atoms with van der Waals surface area (Å²) < 4.78 is 1.25. The topological polar surface area (TPSA) is 96.2 Å². The molecular weight excluding hydrogens is 236 g/mol. The number of hydrogen-bond acceptors (Lipinski definition) is 3. The minimum atomic E-state index is -0.973. The standard InChI is InChI=1S/C11H16N4O3/c16-10(17)7-15-6-9(5-13-15)14-11(18)12-4-8-2-1-3-8/h5-6,8H,1-4,7H2,(H,16,17)(H2,12,14,18). The average Bonchev–Trinajstić information content (AvgIpc) is 2.62. The van der Waals surface area contributed by atoms with E-state index in [1.165, 1.54) is 36.3 Å². The lowest BCUT2D eigenvalue weighted by molar-refractivity contribution is -0.137. The highest BCUT2D eigenvalue weighted by atomic mass is 16.4. The largest absolute Gasteiger partial charge is 0.480 e. The Bertz CT molecular complexity index is 439. The second kappa shape index (κ2) is 5.52. The summed E-state index contributed by atoms with van der Waals surface area (Å²) in [7, 11) is 0. The van der Waals surface area contributed by atoms with Crippen molar-refractivity contribution in [1.82, 2.24) is 15.1 Å². The summed E-state index contributed by atoms with van der Waals surface area (Å²) in [6, 6.07) is -0.281. The number of anilines is 1. The first-order chi connectivity index (χ1) is 8.63. The lowest BCUT2D eigenvalue weighted by Crippen LogP contribution is -2.35. The maximum Gasteiger partial charge on any atom is 0.325 e. The van der Waals surface area contributed by atoms with Gasteiger partial charge in [-0.05, 0) is 18.8 Å². The van der Waals surface area contributed by atoms with Crippen LogP contribution in [-0.2, 0) is 11.3 Å². The van der Waals surface area contributed by atoms with Gasteiger partial charge in [0, 0.05) is 12.7 Å². The van der Waals surface area contributed by atoms with Crippen molar-refractivity contribution in [1.29, 1.82) is 0 Å². The molecule has 2 rings (SSSR count). The zero-order valence-corrected chi connectivity index (χ0v) is 9.93. The van der Waals surface area contributed by atoms with E-state index in [0.29, 0.717) is 18.2 Å². The minimum absolute atomic E-state index is 0.217. The van der Waals surface area contributed by atoms with Crippen LogP contribution in [0.25, 0.3) is 0 Å². The molecule has 1 heterocycles. The number of carbonyl (C=O) groups excluding carboxylic acids is 1. The van der Waals surface area contributed by atoms with E-state index < -0.39 is 5.97 Å². The van der Waals surface area contributed by atoms with Crippen LogP contribution < -0.4 is 10.6 Å². The zero-order valence-electron chi connectivity index (χ0n) is 9.93. The molecule has 0 spiro atoms. The maximum absolute atomic E-state index is 11.5. The predicted octanol–water partition coefficient (Wildman–Crippen LogP) is 0.889. The van der Waals surface area contributed by atoms with Gasteiger partial charge < -0.3 is 15.7 Å². The maximum atomic E-state index is 11.5. The second-order valence-corrected chi connectivity index (χ2v) is 4.45. The van der Waals surface area contributed by atoms with Gasteiger partial charge in [0.1, 0.15) is 6.54 Å². The molecule has 1 saturated carbocycles. The van der Waals surface area contributed by atoms with Crippen LogP contribution in [0.5, 0.6) is 0 Å². The summed E-state index contributed by atoms with van der Waals surface area (Å²) in [4.78, 5) is 22.0. The minimum Gasteiger partial charge on any atom is -0.480 e. The van der Waals surface area contributed by atoms with E-state index in [2.05, 4.69) is 15.7 Å². The Morgan fingerprint density at radius 2 is 2.28 bits per heavy atom. The number of hydrogen-bond donors (Lipinski definition) is 3. The first-order valence-electron chi connectivity index (χ1n) is 5.92. The Kier molecular flexibility index (Phi) is 3.81. The Morgan fingerprint density at radius 1 is 1.50 bits per heavy atom. The highest BCUT2D eigenvalue weighted by Gasteiger charge is 2.17. The van der Waals surface area contributed by atoms with Crippen molar-refractivity contribution in [3.8, 4) is 0 Å². The molecule has 1 fully saturated rings. The molecule has 0 saturated heterocycles. The first kappa shape index (κ1) is 12.4. The van der Waals surface area contributed by atoms with E-state index in [4.69, 9.17) is 5.11 Å². The molecule has 7 heteroatoms. The van der Waals surface area contributed by atoms with Gasteiger partial charge in [-0.25, -0.2) is 4.79 Å². The molecule has 1 aromatic heterocycles. The molecule has 1 aliphatic carbocycles. The summed E-state index contributed by atoms with van der Waals surface area (Å²) in [5.74, 6) is -0.371. The van der Waals surface area contributed by atoms with Crippen LogP contribution in [-0.4, -0.2) is 33.4 Å². The van der Waals surface area contributed by atoms with Crippen molar-refractivity contribution in [2.45, 2.75) is 25.8 Å². The molecule has 0 aromatic carbocycles. The highest BCUT2D eigenvalue weighted by molar-refractivity contribution is 5.88. The Labute approximate surface area is 104 Å². The monoisotopic (exact) mass is 252 g/mol. The van der Waals surface area contributed by atoms with E-state index in [1.54, 1.807) is 0 Å². The molecule has 0 atom stereocenters. The Morgan fingerprint density at radius 3 is 2.89 bits per heavy atom. The number of nitrogens with zero attached hydrogens (tertiary/aromatic N) is 2. The van der Waals surface area contributed by atoms with Crippen molar-refractivity contribution in [2.75, 3.05) is 11.9 Å². The fourth-order valence-electron chi connectivity index (χ4n) is 1.76. The predicted molar refractivity (Wildman–Crippen MR) is 64.2 cm³/mol. The summed E-state index contributed by atoms with van der Waals surface area (Å²) in [5.41, 5.74) is 0.488. The number of aromatic nitrogens is 2. The molecule has 0 bridgehead atoms. The number of carboxylic acid groups (broad SMARTS) is 1. The van der Waals surface area contributed by atoms with Gasteiger partial charge in [0.2, 0.25) is 0 Å². The number of aliphatic carboxylic acids is 1. The van der Waals surface area contributed by atoms with Gasteiger partial charge in [-0.3, -0.25) is 9.48 Å². The van der Waals surface area contributed by atoms with Gasteiger partial charge in [-0.15, -0.1) is 0 Å². The molecule has 1 aliphatic rings. The van der Waals surface area contributed by atoms with Gasteiger partial charge in [0.05, 0.1) is 11.9 Å². The quantitative estimate of drug-likeness (QED) is 0.725. The number of urea groups is 1. The van der Waals surface area contributed by atoms with Gasteiger partial charge in [-0.2, -0.15) is 5.10 Å². The van der Waals surface area contributed by atoms with Crippen LogP contribution in [0.4, 0.5) is 10.5 Å². The van der Waals surface area contributed by atoms with E-state index >= 15 is 0 Å². The van der Waals surface area contributed by atoms with Crippen LogP contribution >= 0.6 is 0 Å². The number of amides is 2. The average molecular weight is 252 g/mol. The van der Waals surface area contributed by atoms with E-state index in [9.17, 15) is 9.59 Å². The fourth-order valence-corrected chi connectivity index (χ4v) is 1.76. The molecule has 98 valence electrons. The summed E-state index contributed by atoms with van der Waals surface area (Å²) in [5, 5.41) is 17.8. The van der Waals surface area contributed by atoms with Crippen molar-refractivity contribution >= 4 is 17.7 Å². The molecule has 3 N–H and O–H groups in total. The summed E-state index contributed by atoms with van der Waals surface area (Å²) in [6.45, 7) is 0.473. The van der Waals surface area contributed by atoms with Crippen LogP contribution in [0.1, 0.15) is 19.3 Å². The molecular formula is C11H16N4O3. The number of nitrogens with one attached hydrogen (secondary N) is 2. The first-order valence-corrected chi connectivity index (χ1v) is 5.92. The highest BCUT2D eigenvalue weighted by Crippen LogP contribution is 2.25. The smallest absolute Gasteiger partial charge is 0.325 e. The van der Waals surface area contributed by atoms with Crippen molar-refractivity contribution in [2.24, 2.45) is 5.92 Å². The van der Waals surface area contributed by atoms with Gasteiger partial charge in [-0.1, -0.05) is 6.42 Å². The molecule has 18 heavy (non-hydrogen) atoms. The number of rotatable bonds is 5. The van der Waals surface area contributed by atoms with E-state index in [0.717, 1.165) is 0 Å². The lowest BCUT2D eigenvalue weighted by atomic mass is 9.85. The zero-order chi connectivity index (χ0) is 13.0. The molecule has 0 aliphatic heterocycles. The lowest BCUT2D eigenvalue weighted by Gasteiger charge is -2.25. The second-order valence-electron chi connectivity index (χ2n) is 4.45. The molecule has 0 radical (unpaired) electrons. The third-order valence-electron chi connectivity index (χ3n) is 2.96. The van der Waals surface area contributed by atoms with Gasteiger partial charge >= 0.3 is 12.0 Å². The SMILES string of the molecule is O=C(O)Cn1cc(NC(=O)NCC2CCC2)cn1. The molecule has 7 nitrogen and oxygen atoms in total. The van der Waals surface area contributed by atoms with Gasteiger partial charge in [0.15, 0.2) is 0 Å². The van der Waals surface area contributed by atoms with Crippen molar-refractivity contribution in [3.05, 3.63) is 12.4 Å². The van der Waals surface area contributed by atoms with Crippen molar-refractivity contribution in [3.63, 3.8) is 0 Å². The van der Waals surface area contributed by atoms with Crippen LogP contribution in [0.3, 0.4) is 0 Å². The normalized spacial score (nSPS) is 14.9. The Hall–Kier alpha value is -2.05.